The Balaban J connectivity index is 2.17. The van der Waals surface area contributed by atoms with Gasteiger partial charge in [0.15, 0.2) is 5.96 Å². The number of ether oxygens (including phenoxy) is 2. The summed E-state index contributed by atoms with van der Waals surface area (Å²) in [7, 11) is 2.91. The molecular weight excluding hydrogens is 350 g/mol. The highest BCUT2D eigenvalue weighted by Gasteiger charge is 2.21. The first kappa shape index (κ1) is 20.4. The van der Waals surface area contributed by atoms with Crippen LogP contribution >= 0.6 is 11.8 Å². The summed E-state index contributed by atoms with van der Waals surface area (Å²) < 4.78 is 10.1. The van der Waals surface area contributed by atoms with Crippen molar-refractivity contribution in [2.24, 2.45) is 4.99 Å². The van der Waals surface area contributed by atoms with E-state index in [9.17, 15) is 4.79 Å². The number of aliphatic imine (C=N–C) groups is 1. The summed E-state index contributed by atoms with van der Waals surface area (Å²) in [6.45, 7) is 7.66. The van der Waals surface area contributed by atoms with Crippen molar-refractivity contribution in [3.63, 3.8) is 0 Å². The first-order valence-electron chi connectivity index (χ1n) is 9.02. The fourth-order valence-corrected chi connectivity index (χ4v) is 4.05. The zero-order valence-corrected chi connectivity index (χ0v) is 16.9. The Morgan fingerprint density at radius 3 is 2.85 bits per heavy atom. The highest BCUT2D eigenvalue weighted by Crippen LogP contribution is 2.23. The maximum atomic E-state index is 11.9. The molecule has 1 aromatic rings. The van der Waals surface area contributed by atoms with E-state index < -0.39 is 5.97 Å². The normalized spacial score (nSPS) is 17.8. The fraction of sp³-hybridized carbons (Fsp3) is 0.579. The molecule has 1 aliphatic rings. The van der Waals surface area contributed by atoms with E-state index in [-0.39, 0.29) is 0 Å². The minimum atomic E-state index is -0.404. The van der Waals surface area contributed by atoms with Gasteiger partial charge in [-0.3, -0.25) is 0 Å². The van der Waals surface area contributed by atoms with E-state index in [2.05, 4.69) is 24.1 Å². The number of carbonyl (C=O) groups excluding carboxylic acids is 1. The molecule has 26 heavy (non-hydrogen) atoms. The van der Waals surface area contributed by atoms with Crippen LogP contribution in [0.1, 0.15) is 36.2 Å². The highest BCUT2D eigenvalue weighted by atomic mass is 32.2. The number of thioether (sulfide) groups is 1. The number of carbonyl (C=O) groups is 1. The lowest BCUT2D eigenvalue weighted by Gasteiger charge is -2.34. The number of benzene rings is 1. The molecule has 0 amide bonds. The van der Waals surface area contributed by atoms with E-state index in [1.807, 2.05) is 17.8 Å². The average Bonchev–Trinajstić information content (AvgIpc) is 2.70. The molecular formula is C19H29N3O3S. The van der Waals surface area contributed by atoms with Crippen LogP contribution < -0.4 is 10.1 Å². The van der Waals surface area contributed by atoms with Crippen molar-refractivity contribution >= 4 is 23.7 Å². The van der Waals surface area contributed by atoms with Crippen LogP contribution in [0.2, 0.25) is 0 Å². The van der Waals surface area contributed by atoms with Crippen molar-refractivity contribution in [3.8, 4) is 5.75 Å². The zero-order chi connectivity index (χ0) is 18.9. The van der Waals surface area contributed by atoms with Crippen molar-refractivity contribution in [2.75, 3.05) is 39.6 Å². The second-order valence-electron chi connectivity index (χ2n) is 6.04. The van der Waals surface area contributed by atoms with Crippen LogP contribution in [0.15, 0.2) is 23.2 Å². The molecule has 1 heterocycles. The van der Waals surface area contributed by atoms with Gasteiger partial charge in [-0.05, 0) is 31.0 Å². The molecule has 2 rings (SSSR count). The largest absolute Gasteiger partial charge is 0.496 e. The van der Waals surface area contributed by atoms with Gasteiger partial charge in [-0.25, -0.2) is 9.79 Å². The summed E-state index contributed by atoms with van der Waals surface area (Å²) in [5.74, 6) is 2.16. The summed E-state index contributed by atoms with van der Waals surface area (Å²) in [5.41, 5.74) is 1.37. The lowest BCUT2D eigenvalue weighted by atomic mass is 10.1. The van der Waals surface area contributed by atoms with Gasteiger partial charge in [0.05, 0.1) is 20.8 Å². The summed E-state index contributed by atoms with van der Waals surface area (Å²) >= 11 is 2.04. The molecule has 1 atom stereocenters. The molecule has 1 aromatic carbocycles. The van der Waals surface area contributed by atoms with E-state index in [0.717, 1.165) is 36.9 Å². The molecule has 0 spiro atoms. The predicted molar refractivity (Wildman–Crippen MR) is 107 cm³/mol. The van der Waals surface area contributed by atoms with Crippen molar-refractivity contribution < 1.29 is 14.3 Å². The van der Waals surface area contributed by atoms with Gasteiger partial charge in [-0.2, -0.15) is 11.8 Å². The molecule has 0 aromatic heterocycles. The third-order valence-electron chi connectivity index (χ3n) is 4.31. The molecule has 1 fully saturated rings. The van der Waals surface area contributed by atoms with Gasteiger partial charge in [0.1, 0.15) is 11.3 Å². The van der Waals surface area contributed by atoms with Crippen LogP contribution in [0.25, 0.3) is 0 Å². The lowest BCUT2D eigenvalue weighted by Crippen LogP contribution is -2.48. The molecule has 6 nitrogen and oxygen atoms in total. The highest BCUT2D eigenvalue weighted by molar-refractivity contribution is 8.00. The standard InChI is InChI=1S/C19H29N3O3S/c1-5-15-13-22(9-10-26-15)19(20-6-2)21-12-14-7-8-17(24-3)16(11-14)18(23)25-4/h7-8,11,15H,5-6,9-10,12-13H2,1-4H3,(H,20,21). The molecule has 0 radical (unpaired) electrons. The number of nitrogens with zero attached hydrogens (tertiary/aromatic N) is 2. The third kappa shape index (κ3) is 5.30. The average molecular weight is 380 g/mol. The molecule has 1 unspecified atom stereocenters. The number of hydrogen-bond acceptors (Lipinski definition) is 5. The lowest BCUT2D eigenvalue weighted by molar-refractivity contribution is 0.0597. The zero-order valence-electron chi connectivity index (χ0n) is 16.1. The summed E-state index contributed by atoms with van der Waals surface area (Å²) in [6.07, 6.45) is 1.17. The van der Waals surface area contributed by atoms with Gasteiger partial charge in [-0.15, -0.1) is 0 Å². The minimum absolute atomic E-state index is 0.404. The number of guanidine groups is 1. The molecule has 1 saturated heterocycles. The number of methoxy groups -OCH3 is 2. The molecule has 1 N–H and O–H groups in total. The van der Waals surface area contributed by atoms with E-state index in [1.165, 1.54) is 13.5 Å². The first-order chi connectivity index (χ1) is 12.6. The second-order valence-corrected chi connectivity index (χ2v) is 7.45. The van der Waals surface area contributed by atoms with Gasteiger partial charge in [0.25, 0.3) is 0 Å². The number of nitrogens with one attached hydrogen (secondary N) is 1. The van der Waals surface area contributed by atoms with Crippen LogP contribution in [-0.2, 0) is 11.3 Å². The van der Waals surface area contributed by atoms with Crippen molar-refractivity contribution in [1.82, 2.24) is 10.2 Å². The van der Waals surface area contributed by atoms with Gasteiger partial charge in [0.2, 0.25) is 0 Å². The van der Waals surface area contributed by atoms with Crippen molar-refractivity contribution in [3.05, 3.63) is 29.3 Å². The van der Waals surface area contributed by atoms with Crippen LogP contribution in [-0.4, -0.2) is 61.7 Å². The molecule has 0 saturated carbocycles. The summed E-state index contributed by atoms with van der Waals surface area (Å²) in [6, 6.07) is 5.51. The SMILES string of the molecule is CCNC(=NCc1ccc(OC)c(C(=O)OC)c1)N1CCSC(CC)C1. The Hall–Kier alpha value is -1.89. The van der Waals surface area contributed by atoms with Crippen LogP contribution in [0.4, 0.5) is 0 Å². The number of esters is 1. The quantitative estimate of drug-likeness (QED) is 0.466. The number of rotatable bonds is 6. The van der Waals surface area contributed by atoms with Gasteiger partial charge >= 0.3 is 5.97 Å². The summed E-state index contributed by atoms with van der Waals surface area (Å²) in [5, 5.41) is 4.04. The van der Waals surface area contributed by atoms with E-state index in [4.69, 9.17) is 14.5 Å². The number of hydrogen-bond donors (Lipinski definition) is 1. The Bertz CT molecular complexity index is 636. The molecule has 144 valence electrons. The smallest absolute Gasteiger partial charge is 0.341 e. The predicted octanol–water partition coefficient (Wildman–Crippen LogP) is 2.77. The Kier molecular flexibility index (Phi) is 8.09. The minimum Gasteiger partial charge on any atom is -0.496 e. The second kappa shape index (κ2) is 10.3. The van der Waals surface area contributed by atoms with E-state index in [0.29, 0.717) is 23.1 Å². The Morgan fingerprint density at radius 1 is 1.38 bits per heavy atom. The third-order valence-corrected chi connectivity index (χ3v) is 5.68. The fourth-order valence-electron chi connectivity index (χ4n) is 2.87. The van der Waals surface area contributed by atoms with E-state index >= 15 is 0 Å². The Labute approximate surface area is 160 Å². The molecule has 1 aliphatic heterocycles. The first-order valence-corrected chi connectivity index (χ1v) is 10.1. The van der Waals surface area contributed by atoms with E-state index in [1.54, 1.807) is 19.2 Å². The molecule has 0 aliphatic carbocycles. The topological polar surface area (TPSA) is 63.2 Å². The van der Waals surface area contributed by atoms with Crippen molar-refractivity contribution in [2.45, 2.75) is 32.1 Å². The summed E-state index contributed by atoms with van der Waals surface area (Å²) in [4.78, 5) is 19.1. The monoisotopic (exact) mass is 379 g/mol. The van der Waals surface area contributed by atoms with Gasteiger partial charge in [-0.1, -0.05) is 13.0 Å². The van der Waals surface area contributed by atoms with Crippen molar-refractivity contribution in [1.29, 1.82) is 0 Å². The van der Waals surface area contributed by atoms with Crippen LogP contribution in [0.5, 0.6) is 5.75 Å². The molecule has 0 bridgehead atoms. The van der Waals surface area contributed by atoms with Gasteiger partial charge < -0.3 is 19.7 Å². The molecule has 7 heteroatoms. The maximum Gasteiger partial charge on any atom is 0.341 e. The maximum absolute atomic E-state index is 11.9. The Morgan fingerprint density at radius 2 is 2.19 bits per heavy atom. The van der Waals surface area contributed by atoms with Gasteiger partial charge in [0, 0.05) is 30.6 Å². The van der Waals surface area contributed by atoms with Crippen LogP contribution in [0.3, 0.4) is 0 Å². The van der Waals surface area contributed by atoms with Crippen LogP contribution in [0, 0.1) is 0 Å².